The van der Waals surface area contributed by atoms with Gasteiger partial charge in [-0.2, -0.15) is 0 Å². The molecule has 2 amide bonds. The lowest BCUT2D eigenvalue weighted by molar-refractivity contribution is -0.124. The van der Waals surface area contributed by atoms with Gasteiger partial charge in [-0.25, -0.2) is 0 Å². The maximum Gasteiger partial charge on any atom is 0.230 e. The molecule has 0 radical (unpaired) electrons. The first-order valence-electron chi connectivity index (χ1n) is 4.61. The van der Waals surface area contributed by atoms with E-state index in [4.69, 9.17) is 5.73 Å². The van der Waals surface area contributed by atoms with Crippen molar-refractivity contribution in [2.45, 2.75) is 20.8 Å². The van der Waals surface area contributed by atoms with Crippen LogP contribution in [0.4, 0.5) is 11.4 Å². The minimum Gasteiger partial charge on any atom is -0.399 e. The normalized spacial score (nSPS) is 9.80. The van der Waals surface area contributed by atoms with Gasteiger partial charge in [0.05, 0.1) is 5.69 Å². The fraction of sp³-hybridized carbons (Fsp3) is 0.273. The first-order valence-corrected chi connectivity index (χ1v) is 4.61. The highest BCUT2D eigenvalue weighted by atomic mass is 16.2. The van der Waals surface area contributed by atoms with Gasteiger partial charge in [0, 0.05) is 19.5 Å². The molecule has 1 rings (SSSR count). The fourth-order valence-electron chi connectivity index (χ4n) is 1.38. The number of rotatable bonds is 1. The maximum absolute atomic E-state index is 11.3. The first kappa shape index (κ1) is 11.2. The van der Waals surface area contributed by atoms with Gasteiger partial charge in [-0.05, 0) is 30.7 Å². The Labute approximate surface area is 88.7 Å². The molecule has 0 aliphatic heterocycles. The second-order valence-corrected chi connectivity index (χ2v) is 3.41. The number of hydrogen-bond acceptors (Lipinski definition) is 3. The largest absolute Gasteiger partial charge is 0.399 e. The molecule has 0 saturated heterocycles. The number of amides is 2. The van der Waals surface area contributed by atoms with Gasteiger partial charge in [0.1, 0.15) is 0 Å². The first-order chi connectivity index (χ1) is 6.93. The van der Waals surface area contributed by atoms with E-state index in [1.54, 1.807) is 18.2 Å². The standard InChI is InChI=1S/C11H14N2O2/c1-7-6-10(4-5-11(7)12)13(8(2)14)9(3)15/h4-6H,12H2,1-3H3. The molecule has 0 aromatic heterocycles. The van der Waals surface area contributed by atoms with E-state index in [1.165, 1.54) is 13.8 Å². The Morgan fingerprint density at radius 2 is 1.73 bits per heavy atom. The third kappa shape index (κ3) is 2.34. The van der Waals surface area contributed by atoms with Gasteiger partial charge >= 0.3 is 0 Å². The zero-order valence-electron chi connectivity index (χ0n) is 9.07. The summed E-state index contributed by atoms with van der Waals surface area (Å²) in [6, 6.07) is 5.06. The van der Waals surface area contributed by atoms with Crippen LogP contribution in [-0.2, 0) is 9.59 Å². The van der Waals surface area contributed by atoms with Crippen molar-refractivity contribution < 1.29 is 9.59 Å². The van der Waals surface area contributed by atoms with Gasteiger partial charge < -0.3 is 5.73 Å². The zero-order chi connectivity index (χ0) is 11.6. The molecule has 0 heterocycles. The summed E-state index contributed by atoms with van der Waals surface area (Å²) in [5.74, 6) is -0.599. The molecule has 0 bridgehead atoms. The van der Waals surface area contributed by atoms with Crippen LogP contribution in [-0.4, -0.2) is 11.8 Å². The van der Waals surface area contributed by atoms with E-state index >= 15 is 0 Å². The van der Waals surface area contributed by atoms with E-state index in [-0.39, 0.29) is 11.8 Å². The van der Waals surface area contributed by atoms with E-state index in [9.17, 15) is 9.59 Å². The van der Waals surface area contributed by atoms with Gasteiger partial charge in [-0.1, -0.05) is 0 Å². The fourth-order valence-corrected chi connectivity index (χ4v) is 1.38. The number of carbonyl (C=O) groups excluding carboxylic acids is 2. The SMILES string of the molecule is CC(=O)N(C(C)=O)c1ccc(N)c(C)c1. The number of nitrogens with zero attached hydrogens (tertiary/aromatic N) is 1. The minimum absolute atomic E-state index is 0.299. The molecule has 2 N–H and O–H groups in total. The average molecular weight is 206 g/mol. The van der Waals surface area contributed by atoms with Gasteiger partial charge in [-0.15, -0.1) is 0 Å². The third-order valence-electron chi connectivity index (χ3n) is 2.14. The molecule has 0 saturated carbocycles. The van der Waals surface area contributed by atoms with Crippen molar-refractivity contribution in [3.8, 4) is 0 Å². The molecule has 4 heteroatoms. The maximum atomic E-state index is 11.3. The van der Waals surface area contributed by atoms with E-state index in [2.05, 4.69) is 0 Å². The molecule has 0 aliphatic rings. The van der Waals surface area contributed by atoms with Crippen LogP contribution in [0.25, 0.3) is 0 Å². The van der Waals surface area contributed by atoms with Crippen LogP contribution in [0.3, 0.4) is 0 Å². The molecule has 1 aromatic rings. The van der Waals surface area contributed by atoms with Crippen molar-refractivity contribution in [2.75, 3.05) is 10.6 Å². The average Bonchev–Trinajstić information content (AvgIpc) is 2.10. The van der Waals surface area contributed by atoms with Crippen LogP contribution in [0.5, 0.6) is 0 Å². The second-order valence-electron chi connectivity index (χ2n) is 3.41. The number of nitrogens with two attached hydrogens (primary N) is 1. The molecule has 0 unspecified atom stereocenters. The van der Waals surface area contributed by atoms with Gasteiger partial charge in [0.15, 0.2) is 0 Å². The van der Waals surface area contributed by atoms with E-state index in [1.807, 2.05) is 6.92 Å². The predicted octanol–water partition coefficient (Wildman–Crippen LogP) is 1.48. The Balaban J connectivity index is 3.18. The van der Waals surface area contributed by atoms with Crippen LogP contribution in [0.15, 0.2) is 18.2 Å². The minimum atomic E-state index is -0.299. The molecule has 1 aromatic carbocycles. The van der Waals surface area contributed by atoms with Crippen LogP contribution in [0.2, 0.25) is 0 Å². The number of anilines is 2. The van der Waals surface area contributed by atoms with Crippen molar-refractivity contribution in [3.63, 3.8) is 0 Å². The van der Waals surface area contributed by atoms with E-state index in [0.29, 0.717) is 11.4 Å². The van der Waals surface area contributed by atoms with Gasteiger partial charge in [0.2, 0.25) is 11.8 Å². The summed E-state index contributed by atoms with van der Waals surface area (Å²) >= 11 is 0. The highest BCUT2D eigenvalue weighted by Gasteiger charge is 2.16. The third-order valence-corrected chi connectivity index (χ3v) is 2.14. The zero-order valence-corrected chi connectivity index (χ0v) is 9.07. The smallest absolute Gasteiger partial charge is 0.230 e. The van der Waals surface area contributed by atoms with Gasteiger partial charge in [-0.3, -0.25) is 14.5 Å². The molecule has 80 valence electrons. The summed E-state index contributed by atoms with van der Waals surface area (Å²) in [5.41, 5.74) is 7.70. The summed E-state index contributed by atoms with van der Waals surface area (Å²) in [6.07, 6.45) is 0. The van der Waals surface area contributed by atoms with Gasteiger partial charge in [0.25, 0.3) is 0 Å². The number of imide groups is 1. The lowest BCUT2D eigenvalue weighted by Gasteiger charge is -2.18. The molecule has 4 nitrogen and oxygen atoms in total. The second kappa shape index (κ2) is 4.13. The Morgan fingerprint density at radius 3 is 2.13 bits per heavy atom. The highest BCUT2D eigenvalue weighted by molar-refractivity contribution is 6.13. The number of nitrogen functional groups attached to an aromatic ring is 1. The van der Waals surface area contributed by atoms with Crippen LogP contribution >= 0.6 is 0 Å². The van der Waals surface area contributed by atoms with E-state index < -0.39 is 0 Å². The summed E-state index contributed by atoms with van der Waals surface area (Å²) in [7, 11) is 0. The van der Waals surface area contributed by atoms with Crippen molar-refractivity contribution in [1.29, 1.82) is 0 Å². The summed E-state index contributed by atoms with van der Waals surface area (Å²) < 4.78 is 0. The van der Waals surface area contributed by atoms with Crippen LogP contribution in [0, 0.1) is 6.92 Å². The van der Waals surface area contributed by atoms with E-state index in [0.717, 1.165) is 10.5 Å². The van der Waals surface area contributed by atoms with Crippen LogP contribution < -0.4 is 10.6 Å². The Hall–Kier alpha value is -1.84. The molecule has 0 spiro atoms. The van der Waals surface area contributed by atoms with Crippen molar-refractivity contribution in [2.24, 2.45) is 0 Å². The summed E-state index contributed by atoms with van der Waals surface area (Å²) in [5, 5.41) is 0. The number of aryl methyl sites for hydroxylation is 1. The quantitative estimate of drug-likeness (QED) is 0.708. The summed E-state index contributed by atoms with van der Waals surface area (Å²) in [6.45, 7) is 4.54. The van der Waals surface area contributed by atoms with Crippen molar-refractivity contribution in [1.82, 2.24) is 0 Å². The lowest BCUT2D eigenvalue weighted by Crippen LogP contribution is -2.33. The Morgan fingerprint density at radius 1 is 1.20 bits per heavy atom. The molecule has 0 aliphatic carbocycles. The van der Waals surface area contributed by atoms with Crippen LogP contribution in [0.1, 0.15) is 19.4 Å². The number of carbonyl (C=O) groups is 2. The molecule has 0 fully saturated rings. The molecule has 0 atom stereocenters. The Bertz CT molecular complexity index is 399. The molecular weight excluding hydrogens is 192 g/mol. The van der Waals surface area contributed by atoms with Crippen molar-refractivity contribution >= 4 is 23.2 Å². The topological polar surface area (TPSA) is 63.4 Å². The van der Waals surface area contributed by atoms with Crippen molar-refractivity contribution in [3.05, 3.63) is 23.8 Å². The number of benzene rings is 1. The predicted molar refractivity (Wildman–Crippen MR) is 59.4 cm³/mol. The Kier molecular flexibility index (Phi) is 3.09. The molecule has 15 heavy (non-hydrogen) atoms. The summed E-state index contributed by atoms with van der Waals surface area (Å²) in [4.78, 5) is 23.6. The number of hydrogen-bond donors (Lipinski definition) is 1. The molecular formula is C11H14N2O2. The lowest BCUT2D eigenvalue weighted by atomic mass is 10.1. The monoisotopic (exact) mass is 206 g/mol. The highest BCUT2D eigenvalue weighted by Crippen LogP contribution is 2.20.